The maximum atomic E-state index is 14.2. The molecule has 0 aromatic heterocycles. The van der Waals surface area contributed by atoms with Gasteiger partial charge in [-0.3, -0.25) is 9.59 Å². The van der Waals surface area contributed by atoms with E-state index in [2.05, 4.69) is 34.0 Å². The van der Waals surface area contributed by atoms with Crippen LogP contribution in [0.1, 0.15) is 81.0 Å². The number of aliphatic hydroxyl groups is 1. The lowest BCUT2D eigenvalue weighted by molar-refractivity contribution is -0.264. The number of hydrogen-bond acceptors (Lipinski definition) is 9. The molecule has 0 amide bonds. The van der Waals surface area contributed by atoms with Crippen LogP contribution in [0.4, 0.5) is 0 Å². The third-order valence-electron chi connectivity index (χ3n) is 11.2. The molecule has 2 heterocycles. The van der Waals surface area contributed by atoms with E-state index >= 15 is 0 Å². The SMILES string of the molecule is CO.CSCOC1C(C(C)C)CC2OC23C2(C)CCC/C(=C(\OC(C)OCC(=O)c4ccccc4)C(=O)c4ccccc4)C2COC13C. The van der Waals surface area contributed by atoms with Gasteiger partial charge in [0.15, 0.2) is 17.8 Å². The number of carbonyl (C=O) groups excluding carboxylic acids is 2. The number of fused-ring (bicyclic) bond motifs is 1. The van der Waals surface area contributed by atoms with Crippen LogP contribution >= 0.6 is 11.8 Å². The standard InChI is InChI=1S/C38H48O7S.CH4O/c1-24(2)29-20-32-38(45-32)36(4)19-13-18-28(30(36)21-43-37(38,5)35(29)42-23-46-6)34(33(40)27-16-11-8-12-17-27)44-25(3)41-22-31(39)26-14-9-7-10-15-26;1-2/h7-12,14-17,24-25,29-30,32,35H,13,18-23H2,1-6H3;2H,1H3/b34-28+;. The average molecular weight is 681 g/mol. The minimum atomic E-state index is -0.820. The van der Waals surface area contributed by atoms with Crippen LogP contribution in [-0.4, -0.2) is 78.9 Å². The number of hydrogen-bond donors (Lipinski definition) is 1. The van der Waals surface area contributed by atoms with Gasteiger partial charge in [0.05, 0.1) is 24.8 Å². The highest BCUT2D eigenvalue weighted by Crippen LogP contribution is 2.72. The van der Waals surface area contributed by atoms with E-state index in [9.17, 15) is 9.59 Å². The van der Waals surface area contributed by atoms with Crippen LogP contribution in [0.3, 0.4) is 0 Å². The summed E-state index contributed by atoms with van der Waals surface area (Å²) in [5.41, 5.74) is 0.643. The Bertz CT molecular complexity index is 1450. The average Bonchev–Trinajstić information content (AvgIpc) is 3.86. The van der Waals surface area contributed by atoms with E-state index in [1.165, 1.54) is 0 Å². The Labute approximate surface area is 289 Å². The highest BCUT2D eigenvalue weighted by Gasteiger charge is 2.84. The second kappa shape index (κ2) is 15.2. The molecular weight excluding hydrogens is 628 g/mol. The van der Waals surface area contributed by atoms with Gasteiger partial charge in [-0.05, 0) is 63.2 Å². The number of thioether (sulfide) groups is 1. The highest BCUT2D eigenvalue weighted by molar-refractivity contribution is 7.98. The minimum Gasteiger partial charge on any atom is -0.461 e. The summed E-state index contributed by atoms with van der Waals surface area (Å²) < 4.78 is 32.9. The first-order valence-corrected chi connectivity index (χ1v) is 18.5. The first-order valence-electron chi connectivity index (χ1n) is 17.1. The summed E-state index contributed by atoms with van der Waals surface area (Å²) in [4.78, 5) is 27.0. The molecule has 0 bridgehead atoms. The van der Waals surface area contributed by atoms with Gasteiger partial charge < -0.3 is 28.8 Å². The van der Waals surface area contributed by atoms with E-state index in [1.54, 1.807) is 30.8 Å². The lowest BCUT2D eigenvalue weighted by atomic mass is 9.48. The molecule has 0 radical (unpaired) electrons. The fourth-order valence-electron chi connectivity index (χ4n) is 8.87. The van der Waals surface area contributed by atoms with E-state index in [-0.39, 0.29) is 41.7 Å². The number of allylic oxidation sites excluding steroid dienone is 1. The molecule has 2 saturated carbocycles. The number of aliphatic hydroxyl groups excluding tert-OH is 1. The molecule has 1 N–H and O–H groups in total. The maximum Gasteiger partial charge on any atom is 0.227 e. The van der Waals surface area contributed by atoms with E-state index in [0.717, 1.165) is 31.9 Å². The van der Waals surface area contributed by atoms with Gasteiger partial charge in [0.2, 0.25) is 5.78 Å². The van der Waals surface area contributed by atoms with Crippen LogP contribution in [0.5, 0.6) is 0 Å². The Morgan fingerprint density at radius 1 is 1.00 bits per heavy atom. The van der Waals surface area contributed by atoms with Crippen LogP contribution in [0.2, 0.25) is 0 Å². The van der Waals surface area contributed by atoms with Crippen molar-refractivity contribution in [2.24, 2.45) is 23.2 Å². The molecule has 2 aromatic carbocycles. The summed E-state index contributed by atoms with van der Waals surface area (Å²) in [6, 6.07) is 18.3. The number of carbonyl (C=O) groups is 2. The molecule has 1 spiro atoms. The molecule has 2 saturated heterocycles. The van der Waals surface area contributed by atoms with Gasteiger partial charge in [-0.15, -0.1) is 11.8 Å². The molecule has 9 heteroatoms. The molecule has 48 heavy (non-hydrogen) atoms. The van der Waals surface area contributed by atoms with Gasteiger partial charge in [0.1, 0.15) is 17.8 Å². The van der Waals surface area contributed by atoms with Crippen LogP contribution in [0, 0.1) is 23.2 Å². The molecule has 8 atom stereocenters. The van der Waals surface area contributed by atoms with Crippen molar-refractivity contribution in [3.63, 3.8) is 0 Å². The van der Waals surface area contributed by atoms with Crippen LogP contribution in [-0.2, 0) is 23.7 Å². The fraction of sp³-hybridized carbons (Fsp3) is 0.590. The predicted octanol–water partition coefficient (Wildman–Crippen LogP) is 7.11. The van der Waals surface area contributed by atoms with Crippen molar-refractivity contribution in [1.82, 2.24) is 0 Å². The Hall–Kier alpha value is -2.53. The maximum absolute atomic E-state index is 14.2. The van der Waals surface area contributed by atoms with Crippen LogP contribution in [0.25, 0.3) is 0 Å². The molecule has 8 nitrogen and oxygen atoms in total. The first kappa shape index (κ1) is 36.7. The Morgan fingerprint density at radius 3 is 2.27 bits per heavy atom. The van der Waals surface area contributed by atoms with Crippen LogP contribution in [0.15, 0.2) is 72.0 Å². The van der Waals surface area contributed by atoms with Crippen LogP contribution < -0.4 is 0 Å². The summed E-state index contributed by atoms with van der Waals surface area (Å²) in [6.45, 7) is 11.1. The predicted molar refractivity (Wildman–Crippen MR) is 187 cm³/mol. The third kappa shape index (κ3) is 6.42. The number of Topliss-reactive ketones (excluding diaryl/α,β-unsaturated/α-hetero) is 2. The molecule has 2 aromatic rings. The second-order valence-electron chi connectivity index (χ2n) is 14.1. The zero-order chi connectivity index (χ0) is 34.7. The summed E-state index contributed by atoms with van der Waals surface area (Å²) in [7, 11) is 1.00. The summed E-state index contributed by atoms with van der Waals surface area (Å²) in [6.07, 6.45) is 4.73. The summed E-state index contributed by atoms with van der Waals surface area (Å²) >= 11 is 1.68. The van der Waals surface area contributed by atoms with E-state index in [0.29, 0.717) is 47.7 Å². The molecule has 262 valence electrons. The number of ketones is 2. The number of ether oxygens (including phenoxy) is 5. The van der Waals surface area contributed by atoms with Crippen molar-refractivity contribution in [3.05, 3.63) is 83.1 Å². The van der Waals surface area contributed by atoms with Crippen molar-refractivity contribution >= 4 is 23.3 Å². The quantitative estimate of drug-likeness (QED) is 0.0826. The fourth-order valence-corrected chi connectivity index (χ4v) is 9.15. The van der Waals surface area contributed by atoms with Crippen molar-refractivity contribution in [2.75, 3.05) is 32.5 Å². The topological polar surface area (TPSA) is 104 Å². The lowest BCUT2D eigenvalue weighted by Gasteiger charge is -2.61. The minimum absolute atomic E-state index is 0.0756. The molecule has 4 fully saturated rings. The van der Waals surface area contributed by atoms with Crippen molar-refractivity contribution < 1.29 is 38.4 Å². The number of epoxide rings is 1. The molecular formula is C39H52O8S. The zero-order valence-corrected chi connectivity index (χ0v) is 30.2. The summed E-state index contributed by atoms with van der Waals surface area (Å²) in [5.74, 6) is 1.25. The second-order valence-corrected chi connectivity index (χ2v) is 14.9. The zero-order valence-electron chi connectivity index (χ0n) is 29.4. The van der Waals surface area contributed by atoms with Gasteiger partial charge in [-0.1, -0.05) is 81.4 Å². The van der Waals surface area contributed by atoms with Gasteiger partial charge in [-0.2, -0.15) is 0 Å². The van der Waals surface area contributed by atoms with E-state index in [1.807, 2.05) is 48.5 Å². The molecule has 6 rings (SSSR count). The smallest absolute Gasteiger partial charge is 0.227 e. The monoisotopic (exact) mass is 680 g/mol. The van der Waals surface area contributed by atoms with Gasteiger partial charge >= 0.3 is 0 Å². The molecule has 8 unspecified atom stereocenters. The molecule has 2 aliphatic heterocycles. The van der Waals surface area contributed by atoms with Gasteiger partial charge in [-0.25, -0.2) is 0 Å². The van der Waals surface area contributed by atoms with Crippen molar-refractivity contribution in [1.29, 1.82) is 0 Å². The van der Waals surface area contributed by atoms with E-state index in [4.69, 9.17) is 28.8 Å². The highest BCUT2D eigenvalue weighted by atomic mass is 32.2. The normalized spacial score (nSPS) is 33.6. The first-order chi connectivity index (χ1) is 23.1. The number of benzene rings is 2. The van der Waals surface area contributed by atoms with Gasteiger partial charge in [0, 0.05) is 29.6 Å². The largest absolute Gasteiger partial charge is 0.461 e. The Morgan fingerprint density at radius 2 is 1.65 bits per heavy atom. The van der Waals surface area contributed by atoms with Crippen molar-refractivity contribution in [2.45, 2.75) is 90.0 Å². The van der Waals surface area contributed by atoms with Crippen molar-refractivity contribution in [3.8, 4) is 0 Å². The molecule has 2 aliphatic carbocycles. The van der Waals surface area contributed by atoms with Gasteiger partial charge in [0.25, 0.3) is 0 Å². The lowest BCUT2D eigenvalue weighted by Crippen LogP contribution is -2.72. The third-order valence-corrected chi connectivity index (χ3v) is 11.6. The Balaban J connectivity index is 0.00000221. The molecule has 4 aliphatic rings. The summed E-state index contributed by atoms with van der Waals surface area (Å²) in [5, 5.41) is 7.00. The van der Waals surface area contributed by atoms with E-state index < -0.39 is 17.5 Å². The Kier molecular flexibility index (Phi) is 11.6. The number of rotatable bonds is 12.